The van der Waals surface area contributed by atoms with E-state index in [0.29, 0.717) is 9.74 Å². The van der Waals surface area contributed by atoms with Gasteiger partial charge in [0.15, 0.2) is 0 Å². The molecule has 1 aromatic rings. The van der Waals surface area contributed by atoms with Crippen LogP contribution >= 0.6 is 15.9 Å². The molecule has 0 amide bonds. The zero-order valence-electron chi connectivity index (χ0n) is 10.2. The first-order valence-corrected chi connectivity index (χ1v) is 7.71. The molecular weight excluding hydrogens is 272 g/mol. The minimum atomic E-state index is 0.479. The molecular formula is C16H19Br. The van der Waals surface area contributed by atoms with Crippen molar-refractivity contribution in [2.75, 3.05) is 0 Å². The van der Waals surface area contributed by atoms with Gasteiger partial charge in [-0.25, -0.2) is 0 Å². The first kappa shape index (κ1) is 10.6. The van der Waals surface area contributed by atoms with Gasteiger partial charge in [-0.1, -0.05) is 46.3 Å². The van der Waals surface area contributed by atoms with E-state index in [2.05, 4.69) is 46.3 Å². The summed E-state index contributed by atoms with van der Waals surface area (Å²) < 4.78 is 0.479. The third-order valence-corrected chi connectivity index (χ3v) is 6.30. The average molecular weight is 291 g/mol. The van der Waals surface area contributed by atoms with Gasteiger partial charge >= 0.3 is 0 Å². The molecule has 0 nitrogen and oxygen atoms in total. The first-order chi connectivity index (χ1) is 8.18. The van der Waals surface area contributed by atoms with Gasteiger partial charge in [0.05, 0.1) is 0 Å². The van der Waals surface area contributed by atoms with Crippen LogP contribution in [0.1, 0.15) is 44.1 Å². The molecule has 4 bridgehead atoms. The van der Waals surface area contributed by atoms with Crippen molar-refractivity contribution in [3.05, 3.63) is 35.9 Å². The number of hydrogen-bond acceptors (Lipinski definition) is 0. The van der Waals surface area contributed by atoms with E-state index in [1.807, 2.05) is 0 Å². The van der Waals surface area contributed by atoms with Gasteiger partial charge in [0.1, 0.15) is 0 Å². The molecule has 0 heterocycles. The quantitative estimate of drug-likeness (QED) is 0.659. The van der Waals surface area contributed by atoms with Crippen molar-refractivity contribution in [1.29, 1.82) is 0 Å². The fourth-order valence-electron chi connectivity index (χ4n) is 5.28. The summed E-state index contributed by atoms with van der Waals surface area (Å²) in [5, 5.41) is 0. The lowest BCUT2D eigenvalue weighted by Crippen LogP contribution is -2.54. The van der Waals surface area contributed by atoms with E-state index in [1.165, 1.54) is 38.5 Å². The fourth-order valence-corrected chi connectivity index (χ4v) is 6.73. The molecule has 0 saturated heterocycles. The van der Waals surface area contributed by atoms with Crippen LogP contribution in [0.4, 0.5) is 0 Å². The highest BCUT2D eigenvalue weighted by atomic mass is 79.9. The van der Waals surface area contributed by atoms with Crippen molar-refractivity contribution >= 4 is 15.9 Å². The smallest absolute Gasteiger partial charge is 0.0271 e. The molecule has 0 aliphatic heterocycles. The van der Waals surface area contributed by atoms with Crippen molar-refractivity contribution < 1.29 is 0 Å². The molecule has 0 radical (unpaired) electrons. The topological polar surface area (TPSA) is 0 Å². The molecule has 2 unspecified atom stereocenters. The van der Waals surface area contributed by atoms with Crippen molar-refractivity contribution in [3.8, 4) is 0 Å². The molecule has 90 valence electrons. The zero-order chi connectivity index (χ0) is 11.5. The summed E-state index contributed by atoms with van der Waals surface area (Å²) in [6, 6.07) is 11.3. The Labute approximate surface area is 112 Å². The van der Waals surface area contributed by atoms with E-state index in [1.54, 1.807) is 5.56 Å². The van der Waals surface area contributed by atoms with E-state index in [9.17, 15) is 0 Å². The Balaban J connectivity index is 1.79. The predicted octanol–water partition coefficient (Wildman–Crippen LogP) is 4.67. The fraction of sp³-hybridized carbons (Fsp3) is 0.625. The minimum absolute atomic E-state index is 0.479. The van der Waals surface area contributed by atoms with E-state index < -0.39 is 0 Å². The van der Waals surface area contributed by atoms with Crippen LogP contribution < -0.4 is 0 Å². The van der Waals surface area contributed by atoms with E-state index in [4.69, 9.17) is 0 Å². The maximum Gasteiger partial charge on any atom is 0.0271 e. The van der Waals surface area contributed by atoms with E-state index in [0.717, 1.165) is 11.8 Å². The molecule has 17 heavy (non-hydrogen) atoms. The van der Waals surface area contributed by atoms with Crippen LogP contribution in [0.15, 0.2) is 30.3 Å². The molecule has 0 N–H and O–H groups in total. The molecule has 2 atom stereocenters. The van der Waals surface area contributed by atoms with E-state index >= 15 is 0 Å². The molecule has 4 aliphatic carbocycles. The summed E-state index contributed by atoms with van der Waals surface area (Å²) in [6.45, 7) is 0. The lowest BCUT2D eigenvalue weighted by Gasteiger charge is -2.60. The summed E-state index contributed by atoms with van der Waals surface area (Å²) in [4.78, 5) is 0. The molecule has 0 spiro atoms. The van der Waals surface area contributed by atoms with Gasteiger partial charge in [-0.2, -0.15) is 0 Å². The second kappa shape index (κ2) is 3.38. The Morgan fingerprint density at radius 1 is 0.941 bits per heavy atom. The van der Waals surface area contributed by atoms with Crippen LogP contribution in [-0.2, 0) is 5.41 Å². The second-order valence-corrected chi connectivity index (χ2v) is 8.44. The number of hydrogen-bond donors (Lipinski definition) is 0. The third-order valence-electron chi connectivity index (χ3n) is 5.38. The summed E-state index contributed by atoms with van der Waals surface area (Å²) in [5.74, 6) is 1.96. The average Bonchev–Trinajstić information content (AvgIpc) is 2.27. The minimum Gasteiger partial charge on any atom is -0.0853 e. The van der Waals surface area contributed by atoms with Crippen LogP contribution in [0.2, 0.25) is 0 Å². The number of alkyl halides is 1. The van der Waals surface area contributed by atoms with Crippen LogP contribution in [0, 0.1) is 11.8 Å². The highest BCUT2D eigenvalue weighted by molar-refractivity contribution is 9.10. The van der Waals surface area contributed by atoms with Gasteiger partial charge in [0.25, 0.3) is 0 Å². The summed E-state index contributed by atoms with van der Waals surface area (Å²) in [5.41, 5.74) is 2.12. The number of rotatable bonds is 1. The molecule has 1 aromatic carbocycles. The molecule has 4 fully saturated rings. The SMILES string of the molecule is BrC12CC3CC(C1)CC(c1ccccc1)(C3)C2. The lowest BCUT2D eigenvalue weighted by molar-refractivity contribution is 0.0149. The maximum absolute atomic E-state index is 4.09. The molecule has 4 aliphatic rings. The van der Waals surface area contributed by atoms with Crippen LogP contribution in [0.3, 0.4) is 0 Å². The molecule has 1 heteroatoms. The molecule has 5 rings (SSSR count). The molecule has 4 saturated carbocycles. The van der Waals surface area contributed by atoms with Gasteiger partial charge in [-0.3, -0.25) is 0 Å². The number of halogens is 1. The highest BCUT2D eigenvalue weighted by Crippen LogP contribution is 2.64. The van der Waals surface area contributed by atoms with Gasteiger partial charge in [-0.15, -0.1) is 0 Å². The zero-order valence-corrected chi connectivity index (χ0v) is 11.7. The summed E-state index contributed by atoms with van der Waals surface area (Å²) in [7, 11) is 0. The maximum atomic E-state index is 4.09. The summed E-state index contributed by atoms with van der Waals surface area (Å²) in [6.07, 6.45) is 8.62. The Hall–Kier alpha value is -0.300. The van der Waals surface area contributed by atoms with Crippen molar-refractivity contribution in [2.24, 2.45) is 11.8 Å². The van der Waals surface area contributed by atoms with Gasteiger partial charge in [0.2, 0.25) is 0 Å². The van der Waals surface area contributed by atoms with Crippen molar-refractivity contribution in [2.45, 2.75) is 48.3 Å². The van der Waals surface area contributed by atoms with Crippen LogP contribution in [0.25, 0.3) is 0 Å². The molecule has 0 aromatic heterocycles. The normalized spacial score (nSPS) is 47.4. The van der Waals surface area contributed by atoms with Crippen LogP contribution in [-0.4, -0.2) is 4.32 Å². The number of benzene rings is 1. The second-order valence-electron chi connectivity index (χ2n) is 6.76. The highest BCUT2D eigenvalue weighted by Gasteiger charge is 2.57. The third kappa shape index (κ3) is 1.54. The lowest BCUT2D eigenvalue weighted by atomic mass is 9.48. The largest absolute Gasteiger partial charge is 0.0853 e. The van der Waals surface area contributed by atoms with Crippen molar-refractivity contribution in [1.82, 2.24) is 0 Å². The van der Waals surface area contributed by atoms with Gasteiger partial charge < -0.3 is 0 Å². The van der Waals surface area contributed by atoms with Crippen LogP contribution in [0.5, 0.6) is 0 Å². The first-order valence-electron chi connectivity index (χ1n) is 6.92. The Bertz CT molecular complexity index is 422. The standard InChI is InChI=1S/C16H19Br/c17-16-9-12-6-13(10-16)8-15(7-12,11-16)14-4-2-1-3-5-14/h1-5,12-13H,6-11H2. The summed E-state index contributed by atoms with van der Waals surface area (Å²) >= 11 is 4.09. The van der Waals surface area contributed by atoms with Gasteiger partial charge in [-0.05, 0) is 61.3 Å². The predicted molar refractivity (Wildman–Crippen MR) is 74.5 cm³/mol. The Morgan fingerprint density at radius 3 is 2.18 bits per heavy atom. The van der Waals surface area contributed by atoms with E-state index in [-0.39, 0.29) is 0 Å². The monoisotopic (exact) mass is 290 g/mol. The van der Waals surface area contributed by atoms with Gasteiger partial charge in [0, 0.05) is 4.32 Å². The Morgan fingerprint density at radius 2 is 1.59 bits per heavy atom. The Kier molecular flexibility index (Phi) is 2.11. The van der Waals surface area contributed by atoms with Crippen molar-refractivity contribution in [3.63, 3.8) is 0 Å².